The highest BCUT2D eigenvalue weighted by Gasteiger charge is 2.49. The Labute approximate surface area is 189 Å². The number of hydrogen-bond donors (Lipinski definition) is 0. The summed E-state index contributed by atoms with van der Waals surface area (Å²) < 4.78 is 66.5. The van der Waals surface area contributed by atoms with E-state index in [9.17, 15) is 26.7 Å². The Kier molecular flexibility index (Phi) is 5.02. The molecule has 2 saturated heterocycles. The molecule has 5 heterocycles. The maximum atomic E-state index is 13.0. The molecule has 0 bridgehead atoms. The lowest BCUT2D eigenvalue weighted by Gasteiger charge is -2.49. The number of halogens is 5. The van der Waals surface area contributed by atoms with E-state index in [-0.39, 0.29) is 22.0 Å². The van der Waals surface area contributed by atoms with Gasteiger partial charge in [-0.05, 0) is 13.3 Å². The summed E-state index contributed by atoms with van der Waals surface area (Å²) in [5, 5.41) is 4.29. The van der Waals surface area contributed by atoms with Gasteiger partial charge in [0.15, 0.2) is 5.65 Å². The Hall–Kier alpha value is -3.32. The van der Waals surface area contributed by atoms with Gasteiger partial charge in [-0.1, -0.05) is 0 Å². The molecule has 1 spiro atoms. The molecule has 9 nitrogen and oxygen atoms in total. The summed E-state index contributed by atoms with van der Waals surface area (Å²) in [5.74, 6) is -0.802. The quantitative estimate of drug-likeness (QED) is 0.525. The molecule has 0 N–H and O–H groups in total. The molecule has 0 saturated carbocycles. The summed E-state index contributed by atoms with van der Waals surface area (Å²) in [5.41, 5.74) is 0.510. The molecule has 2 aliphatic heterocycles. The third-order valence-corrected chi connectivity index (χ3v) is 6.47. The van der Waals surface area contributed by atoms with Crippen molar-refractivity contribution in [3.05, 3.63) is 34.3 Å². The van der Waals surface area contributed by atoms with Crippen LogP contribution in [0, 0.1) is 12.3 Å². The number of hydrogen-bond acceptors (Lipinski definition) is 7. The zero-order chi connectivity index (χ0) is 24.4. The number of aryl methyl sites for hydroxylation is 1. The average molecular weight is 484 g/mol. The predicted molar refractivity (Wildman–Crippen MR) is 112 cm³/mol. The Morgan fingerprint density at radius 3 is 2.38 bits per heavy atom. The monoisotopic (exact) mass is 484 g/mol. The van der Waals surface area contributed by atoms with Crippen LogP contribution in [0.1, 0.15) is 17.9 Å². The van der Waals surface area contributed by atoms with Crippen molar-refractivity contribution < 1.29 is 22.0 Å². The van der Waals surface area contributed by atoms with Crippen molar-refractivity contribution in [2.75, 3.05) is 36.0 Å². The molecule has 34 heavy (non-hydrogen) atoms. The molecule has 3 aromatic heterocycles. The van der Waals surface area contributed by atoms with Crippen molar-refractivity contribution in [3.63, 3.8) is 0 Å². The first-order valence-electron chi connectivity index (χ1n) is 10.6. The van der Waals surface area contributed by atoms with E-state index < -0.39 is 25.0 Å². The molecular weight excluding hydrogens is 463 g/mol. The second kappa shape index (κ2) is 7.60. The van der Waals surface area contributed by atoms with Gasteiger partial charge in [0.05, 0.1) is 23.8 Å². The van der Waals surface area contributed by atoms with Crippen molar-refractivity contribution in [2.24, 2.45) is 12.5 Å². The summed E-state index contributed by atoms with van der Waals surface area (Å²) in [6.07, 6.45) is -4.10. The number of rotatable bonds is 4. The molecular formula is C20H21F5N8O. The Morgan fingerprint density at radius 2 is 1.76 bits per heavy atom. The third kappa shape index (κ3) is 3.64. The summed E-state index contributed by atoms with van der Waals surface area (Å²) in [6, 6.07) is 0. The van der Waals surface area contributed by atoms with Crippen molar-refractivity contribution in [3.8, 4) is 0 Å². The van der Waals surface area contributed by atoms with Crippen molar-refractivity contribution in [2.45, 2.75) is 32.5 Å². The molecule has 2 fully saturated rings. The lowest BCUT2D eigenvalue weighted by atomic mass is 9.79. The van der Waals surface area contributed by atoms with Crippen LogP contribution in [0.2, 0.25) is 0 Å². The Balaban J connectivity index is 1.36. The highest BCUT2D eigenvalue weighted by molar-refractivity contribution is 5.78. The van der Waals surface area contributed by atoms with Gasteiger partial charge in [0, 0.05) is 38.6 Å². The van der Waals surface area contributed by atoms with Crippen LogP contribution in [0.25, 0.3) is 11.0 Å². The van der Waals surface area contributed by atoms with Crippen LogP contribution in [0.3, 0.4) is 0 Å². The van der Waals surface area contributed by atoms with Crippen LogP contribution in [0.5, 0.6) is 0 Å². The van der Waals surface area contributed by atoms with Gasteiger partial charge in [0.1, 0.15) is 11.9 Å². The predicted octanol–water partition coefficient (Wildman–Crippen LogP) is 2.23. The zero-order valence-corrected chi connectivity index (χ0v) is 18.4. The van der Waals surface area contributed by atoms with Crippen molar-refractivity contribution in [1.82, 2.24) is 29.3 Å². The topological polar surface area (TPSA) is 85.0 Å². The molecule has 14 heteroatoms. The number of fused-ring (bicyclic) bond motifs is 1. The molecule has 182 valence electrons. The van der Waals surface area contributed by atoms with Gasteiger partial charge < -0.3 is 9.80 Å². The summed E-state index contributed by atoms with van der Waals surface area (Å²) in [7, 11) is 1.59. The van der Waals surface area contributed by atoms with Gasteiger partial charge in [-0.3, -0.25) is 9.36 Å². The van der Waals surface area contributed by atoms with Crippen LogP contribution in [-0.2, 0) is 19.8 Å². The minimum absolute atomic E-state index is 0.130. The second-order valence-corrected chi connectivity index (χ2v) is 8.92. The van der Waals surface area contributed by atoms with Gasteiger partial charge in [0.25, 0.3) is 12.0 Å². The van der Waals surface area contributed by atoms with Gasteiger partial charge >= 0.3 is 6.18 Å². The minimum Gasteiger partial charge on any atom is -0.368 e. The molecule has 3 aromatic rings. The van der Waals surface area contributed by atoms with E-state index in [2.05, 4.69) is 20.1 Å². The van der Waals surface area contributed by atoms with Crippen LogP contribution >= 0.6 is 0 Å². The number of aromatic nitrogens is 6. The Bertz CT molecular complexity index is 1290. The first-order chi connectivity index (χ1) is 16.0. The van der Waals surface area contributed by atoms with E-state index >= 15 is 0 Å². The standard InChI is InChI=1S/C20H21F5N8O/c1-11-14-15(33(29-11)7-13(21)22)28-18(30(2)16(14)34)31-4-3-19(8-31)9-32(10-19)12-5-26-17(27-6-12)20(23,24)25/h5-6,13H,3-4,7-10H2,1-2H3. The highest BCUT2D eigenvalue weighted by Crippen LogP contribution is 2.42. The SMILES string of the molecule is Cc1nn(CC(F)F)c2nc(N3CCC4(CN(c5cnc(C(F)(F)F)nc5)C4)C3)n(C)c(=O)c12. The smallest absolute Gasteiger partial charge is 0.368 e. The number of nitrogens with zero attached hydrogens (tertiary/aromatic N) is 8. The largest absolute Gasteiger partial charge is 0.451 e. The molecule has 0 radical (unpaired) electrons. The van der Waals surface area contributed by atoms with E-state index in [1.807, 2.05) is 9.80 Å². The lowest BCUT2D eigenvalue weighted by molar-refractivity contribution is -0.145. The van der Waals surface area contributed by atoms with Gasteiger partial charge in [-0.2, -0.15) is 23.3 Å². The van der Waals surface area contributed by atoms with Crippen LogP contribution in [0.15, 0.2) is 17.2 Å². The van der Waals surface area contributed by atoms with Crippen LogP contribution in [0.4, 0.5) is 33.6 Å². The maximum Gasteiger partial charge on any atom is 0.451 e. The minimum atomic E-state index is -4.59. The second-order valence-electron chi connectivity index (χ2n) is 8.92. The Morgan fingerprint density at radius 1 is 1.12 bits per heavy atom. The fourth-order valence-electron chi connectivity index (χ4n) is 4.84. The van der Waals surface area contributed by atoms with E-state index in [0.29, 0.717) is 43.5 Å². The zero-order valence-electron chi connectivity index (χ0n) is 18.4. The van der Waals surface area contributed by atoms with Crippen molar-refractivity contribution in [1.29, 1.82) is 0 Å². The first-order valence-corrected chi connectivity index (χ1v) is 10.6. The molecule has 0 atom stereocenters. The van der Waals surface area contributed by atoms with Gasteiger partial charge in [-0.25, -0.2) is 23.4 Å². The molecule has 0 amide bonds. The number of anilines is 2. The maximum absolute atomic E-state index is 13.0. The summed E-state index contributed by atoms with van der Waals surface area (Å²) in [4.78, 5) is 28.2. The average Bonchev–Trinajstić information content (AvgIpc) is 3.30. The summed E-state index contributed by atoms with van der Waals surface area (Å²) >= 11 is 0. The molecule has 2 aliphatic rings. The van der Waals surface area contributed by atoms with Crippen LogP contribution in [-0.4, -0.2) is 61.9 Å². The van der Waals surface area contributed by atoms with Gasteiger partial charge in [0.2, 0.25) is 11.8 Å². The fraction of sp³-hybridized carbons (Fsp3) is 0.550. The highest BCUT2D eigenvalue weighted by atomic mass is 19.4. The molecule has 0 aliphatic carbocycles. The fourth-order valence-corrected chi connectivity index (χ4v) is 4.84. The van der Waals surface area contributed by atoms with E-state index in [0.717, 1.165) is 11.1 Å². The van der Waals surface area contributed by atoms with E-state index in [1.165, 1.54) is 17.0 Å². The van der Waals surface area contributed by atoms with Crippen LogP contribution < -0.4 is 15.4 Å². The lowest BCUT2D eigenvalue weighted by Crippen LogP contribution is -2.58. The first kappa shape index (κ1) is 22.5. The number of alkyl halides is 5. The van der Waals surface area contributed by atoms with E-state index in [4.69, 9.17) is 0 Å². The normalized spacial score (nSPS) is 17.9. The third-order valence-electron chi connectivity index (χ3n) is 6.47. The summed E-state index contributed by atoms with van der Waals surface area (Å²) in [6.45, 7) is 3.29. The van der Waals surface area contributed by atoms with Gasteiger partial charge in [-0.15, -0.1) is 0 Å². The molecule has 0 aromatic carbocycles. The van der Waals surface area contributed by atoms with Crippen molar-refractivity contribution >= 4 is 22.7 Å². The molecule has 0 unspecified atom stereocenters. The van der Waals surface area contributed by atoms with E-state index in [1.54, 1.807) is 14.0 Å². The molecule has 5 rings (SSSR count).